The van der Waals surface area contributed by atoms with E-state index in [4.69, 9.17) is 5.53 Å². The minimum absolute atomic E-state index is 0.117. The highest BCUT2D eigenvalue weighted by Crippen LogP contribution is 2.05. The first-order valence-electron chi connectivity index (χ1n) is 6.25. The molecule has 0 unspecified atom stereocenters. The molecule has 94 valence electrons. The standard InChI is InChI=1S/C15H18N2O/c1-2-3-4-5-9-12-14(18)15(17-16)13-10-7-6-8-11-13/h3-4,6-8,10-11H,2,5,9,12H2,1H3/b4-3-. The number of unbranched alkanes of at least 4 members (excludes halogenated alkanes) is 1. The van der Waals surface area contributed by atoms with Crippen LogP contribution in [-0.2, 0) is 4.79 Å². The molecule has 18 heavy (non-hydrogen) atoms. The number of nitrogens with zero attached hydrogens (tertiary/aromatic N) is 2. The van der Waals surface area contributed by atoms with E-state index in [1.165, 1.54) is 0 Å². The second-order valence-electron chi connectivity index (χ2n) is 4.01. The van der Waals surface area contributed by atoms with Gasteiger partial charge in [-0.25, -0.2) is 0 Å². The maximum atomic E-state index is 11.9. The van der Waals surface area contributed by atoms with Crippen molar-refractivity contribution in [1.82, 2.24) is 0 Å². The van der Waals surface area contributed by atoms with Crippen molar-refractivity contribution < 1.29 is 9.58 Å². The third kappa shape index (κ3) is 4.48. The Hall–Kier alpha value is -1.99. The predicted molar refractivity (Wildman–Crippen MR) is 72.5 cm³/mol. The quantitative estimate of drug-likeness (QED) is 0.238. The number of benzene rings is 1. The molecule has 0 fully saturated rings. The molecule has 0 aliphatic rings. The lowest BCUT2D eigenvalue weighted by Gasteiger charge is -1.96. The lowest BCUT2D eigenvalue weighted by Crippen LogP contribution is -2.16. The Kier molecular flexibility index (Phi) is 6.37. The zero-order valence-electron chi connectivity index (χ0n) is 10.7. The van der Waals surface area contributed by atoms with Gasteiger partial charge < -0.3 is 5.53 Å². The number of rotatable bonds is 7. The molecule has 0 aliphatic carbocycles. The summed E-state index contributed by atoms with van der Waals surface area (Å²) in [5, 5.41) is 0. The normalized spacial score (nSPS) is 10.3. The number of allylic oxidation sites excluding steroid dienone is 2. The summed E-state index contributed by atoms with van der Waals surface area (Å²) in [6.07, 6.45) is 7.24. The molecule has 0 atom stereocenters. The fourth-order valence-corrected chi connectivity index (χ4v) is 1.65. The van der Waals surface area contributed by atoms with Crippen molar-refractivity contribution in [3.05, 3.63) is 53.6 Å². The lowest BCUT2D eigenvalue weighted by molar-refractivity contribution is -0.117. The highest BCUT2D eigenvalue weighted by Gasteiger charge is 2.21. The van der Waals surface area contributed by atoms with E-state index in [2.05, 4.69) is 23.9 Å². The largest absolute Gasteiger partial charge is 0.364 e. The summed E-state index contributed by atoms with van der Waals surface area (Å²) >= 11 is 0. The average molecular weight is 242 g/mol. The van der Waals surface area contributed by atoms with E-state index in [1.807, 2.05) is 18.2 Å². The van der Waals surface area contributed by atoms with E-state index >= 15 is 0 Å². The molecule has 0 bridgehead atoms. The third-order valence-corrected chi connectivity index (χ3v) is 2.59. The minimum atomic E-state index is -0.117. The third-order valence-electron chi connectivity index (χ3n) is 2.59. The smallest absolute Gasteiger partial charge is 0.361 e. The monoisotopic (exact) mass is 242 g/mol. The van der Waals surface area contributed by atoms with Crippen LogP contribution in [0.15, 0.2) is 42.5 Å². The van der Waals surface area contributed by atoms with Gasteiger partial charge in [0.25, 0.3) is 0 Å². The van der Waals surface area contributed by atoms with Gasteiger partial charge in [0, 0.05) is 6.42 Å². The van der Waals surface area contributed by atoms with Gasteiger partial charge in [0.1, 0.15) is 0 Å². The van der Waals surface area contributed by atoms with Gasteiger partial charge in [-0.3, -0.25) is 4.79 Å². The van der Waals surface area contributed by atoms with E-state index in [9.17, 15) is 4.79 Å². The molecule has 0 spiro atoms. The van der Waals surface area contributed by atoms with Crippen LogP contribution in [-0.4, -0.2) is 16.3 Å². The summed E-state index contributed by atoms with van der Waals surface area (Å²) in [5.74, 6) is -0.117. The van der Waals surface area contributed by atoms with Crippen LogP contribution in [0.25, 0.3) is 5.53 Å². The summed E-state index contributed by atoms with van der Waals surface area (Å²) in [4.78, 5) is 15.0. The predicted octanol–water partition coefficient (Wildman–Crippen LogP) is 3.41. The van der Waals surface area contributed by atoms with Gasteiger partial charge in [0.15, 0.2) is 0 Å². The second-order valence-corrected chi connectivity index (χ2v) is 4.01. The summed E-state index contributed by atoms with van der Waals surface area (Å²) in [6.45, 7) is 2.08. The molecular weight excluding hydrogens is 224 g/mol. The van der Waals surface area contributed by atoms with Crippen LogP contribution in [0.4, 0.5) is 0 Å². The van der Waals surface area contributed by atoms with Crippen LogP contribution in [0.1, 0.15) is 38.2 Å². The van der Waals surface area contributed by atoms with Crippen LogP contribution in [0.3, 0.4) is 0 Å². The number of carbonyl (C=O) groups excluding carboxylic acids is 1. The molecule has 1 rings (SSSR count). The summed E-state index contributed by atoms with van der Waals surface area (Å²) in [6, 6.07) is 9.03. The molecule has 3 heteroatoms. The van der Waals surface area contributed by atoms with Gasteiger partial charge >= 0.3 is 5.71 Å². The fourth-order valence-electron chi connectivity index (χ4n) is 1.65. The van der Waals surface area contributed by atoms with E-state index in [0.29, 0.717) is 12.0 Å². The van der Waals surface area contributed by atoms with Crippen molar-refractivity contribution in [2.24, 2.45) is 0 Å². The van der Waals surface area contributed by atoms with Gasteiger partial charge in [0.2, 0.25) is 5.78 Å². The molecular formula is C15H18N2O. The Morgan fingerprint density at radius 2 is 2.00 bits per heavy atom. The van der Waals surface area contributed by atoms with Crippen molar-refractivity contribution in [2.75, 3.05) is 0 Å². The number of carbonyl (C=O) groups is 1. The number of hydrogen-bond donors (Lipinski definition) is 0. The Morgan fingerprint density at radius 3 is 2.61 bits per heavy atom. The molecule has 0 heterocycles. The SMILES string of the molecule is CC/C=C\CCCC(=O)C(=[N+]=[N-])c1ccccc1. The van der Waals surface area contributed by atoms with E-state index in [-0.39, 0.29) is 11.5 Å². The van der Waals surface area contributed by atoms with Gasteiger partial charge in [-0.05, 0) is 31.4 Å². The summed E-state index contributed by atoms with van der Waals surface area (Å²) in [7, 11) is 0. The Balaban J connectivity index is 2.55. The van der Waals surface area contributed by atoms with Crippen molar-refractivity contribution in [1.29, 1.82) is 0 Å². The first-order valence-corrected chi connectivity index (χ1v) is 6.25. The molecule has 0 aliphatic heterocycles. The van der Waals surface area contributed by atoms with Crippen molar-refractivity contribution in [3.63, 3.8) is 0 Å². The Labute approximate surface area is 108 Å². The first-order chi connectivity index (χ1) is 8.79. The minimum Gasteiger partial charge on any atom is -0.361 e. The number of Topliss-reactive ketones (excluding diaryl/α,β-unsaturated/α-hetero) is 1. The molecule has 1 aromatic carbocycles. The van der Waals surface area contributed by atoms with E-state index in [1.54, 1.807) is 12.1 Å². The molecule has 1 aromatic rings. The summed E-state index contributed by atoms with van der Waals surface area (Å²) < 4.78 is 0. The van der Waals surface area contributed by atoms with Crippen LogP contribution >= 0.6 is 0 Å². The maximum Gasteiger partial charge on any atom is 0.364 e. The van der Waals surface area contributed by atoms with Gasteiger partial charge in [0.05, 0.1) is 5.56 Å². The average Bonchev–Trinajstić information content (AvgIpc) is 2.40. The van der Waals surface area contributed by atoms with Gasteiger partial charge in [-0.15, -0.1) is 0 Å². The number of ketones is 1. The molecule has 0 N–H and O–H groups in total. The van der Waals surface area contributed by atoms with Gasteiger partial charge in [-0.2, -0.15) is 4.79 Å². The van der Waals surface area contributed by atoms with Crippen LogP contribution in [0, 0.1) is 0 Å². The lowest BCUT2D eigenvalue weighted by atomic mass is 10.0. The van der Waals surface area contributed by atoms with Crippen LogP contribution < -0.4 is 0 Å². The summed E-state index contributed by atoms with van der Waals surface area (Å²) in [5.41, 5.74) is 9.75. The zero-order chi connectivity index (χ0) is 13.2. The topological polar surface area (TPSA) is 53.5 Å². The fraction of sp³-hybridized carbons (Fsp3) is 0.333. The highest BCUT2D eigenvalue weighted by atomic mass is 16.1. The Morgan fingerprint density at radius 1 is 1.28 bits per heavy atom. The van der Waals surface area contributed by atoms with Crippen LogP contribution in [0.5, 0.6) is 0 Å². The molecule has 0 radical (unpaired) electrons. The van der Waals surface area contributed by atoms with Crippen molar-refractivity contribution in [2.45, 2.75) is 32.6 Å². The van der Waals surface area contributed by atoms with E-state index in [0.717, 1.165) is 19.3 Å². The van der Waals surface area contributed by atoms with Crippen molar-refractivity contribution in [3.8, 4) is 0 Å². The van der Waals surface area contributed by atoms with E-state index < -0.39 is 0 Å². The number of hydrogen-bond acceptors (Lipinski definition) is 1. The van der Waals surface area contributed by atoms with Gasteiger partial charge in [-0.1, -0.05) is 37.3 Å². The molecule has 0 amide bonds. The van der Waals surface area contributed by atoms with Crippen molar-refractivity contribution >= 4 is 11.5 Å². The zero-order valence-corrected chi connectivity index (χ0v) is 10.7. The highest BCUT2D eigenvalue weighted by molar-refractivity contribution is 6.43. The molecule has 3 nitrogen and oxygen atoms in total. The van der Waals surface area contributed by atoms with Crippen LogP contribution in [0.2, 0.25) is 0 Å². The Bertz CT molecular complexity index is 457. The first kappa shape index (κ1) is 14.1. The molecule has 0 saturated heterocycles. The molecule has 0 aromatic heterocycles. The molecule has 0 saturated carbocycles. The maximum absolute atomic E-state index is 11.9. The second kappa shape index (κ2) is 8.15.